The number of hydrogen-bond donors (Lipinski definition) is 0. The van der Waals surface area contributed by atoms with Gasteiger partial charge in [0.1, 0.15) is 0 Å². The zero-order valence-corrected chi connectivity index (χ0v) is 6.65. The van der Waals surface area contributed by atoms with Crippen molar-refractivity contribution in [3.63, 3.8) is 0 Å². The molecule has 4 heteroatoms. The molecule has 1 rings (SSSR count). The van der Waals surface area contributed by atoms with Gasteiger partial charge in [-0.15, -0.1) is 0 Å². The molecule has 0 spiro atoms. The summed E-state index contributed by atoms with van der Waals surface area (Å²) in [5, 5.41) is 0. The Kier molecular flexibility index (Phi) is 2.48. The third kappa shape index (κ3) is 1.71. The highest BCUT2D eigenvalue weighted by Gasteiger charge is 2.10. The minimum absolute atomic E-state index is 0.155. The minimum atomic E-state index is -0.506. The third-order valence-electron chi connectivity index (χ3n) is 1.22. The lowest BCUT2D eigenvalue weighted by Gasteiger charge is -1.97. The van der Waals surface area contributed by atoms with Crippen molar-refractivity contribution in [3.8, 4) is 5.75 Å². The molecule has 0 aliphatic carbocycles. The summed E-state index contributed by atoms with van der Waals surface area (Å²) in [6, 6.07) is 4.09. The highest BCUT2D eigenvalue weighted by Crippen LogP contribution is 2.17. The Morgan fingerprint density at radius 1 is 1.55 bits per heavy atom. The van der Waals surface area contributed by atoms with Crippen LogP contribution in [0.15, 0.2) is 23.1 Å². The molecule has 0 amide bonds. The van der Waals surface area contributed by atoms with Crippen LogP contribution in [0.3, 0.4) is 0 Å². The Balaban J connectivity index is 3.09. The van der Waals surface area contributed by atoms with E-state index >= 15 is 0 Å². The molecule has 0 N–H and O–H groups in total. The predicted molar refractivity (Wildman–Crippen MR) is 39.3 cm³/mol. The molecule has 0 aliphatic rings. The number of halogens is 1. The summed E-state index contributed by atoms with van der Waals surface area (Å²) in [6.45, 7) is 0. The summed E-state index contributed by atoms with van der Waals surface area (Å²) < 4.78 is 27.6. The molecule has 0 aromatic heterocycles. The van der Waals surface area contributed by atoms with E-state index in [-0.39, 0.29) is 17.4 Å². The Morgan fingerprint density at radius 3 is 2.73 bits per heavy atom. The maximum atomic E-state index is 12.8. The fraction of sp³-hybridized carbons (Fsp3) is 0.143. The topological polar surface area (TPSA) is 26.3 Å². The number of benzene rings is 1. The molecule has 11 heavy (non-hydrogen) atoms. The van der Waals surface area contributed by atoms with Crippen molar-refractivity contribution in [2.45, 2.75) is 4.90 Å². The van der Waals surface area contributed by atoms with E-state index < -0.39 is 5.82 Å². The molecule has 0 bridgehead atoms. The van der Waals surface area contributed by atoms with E-state index in [2.05, 4.69) is 4.74 Å². The van der Waals surface area contributed by atoms with Crippen LogP contribution in [0.4, 0.5) is 4.39 Å². The molecule has 0 fully saturated rings. The zero-order chi connectivity index (χ0) is 8.27. The third-order valence-corrected chi connectivity index (χ3v) is 1.67. The van der Waals surface area contributed by atoms with E-state index in [9.17, 15) is 8.60 Å². The summed E-state index contributed by atoms with van der Waals surface area (Å²) >= 11 is 0.257. The van der Waals surface area contributed by atoms with Gasteiger partial charge in [-0.2, -0.15) is 0 Å². The monoisotopic (exact) mass is 173 g/mol. The number of methoxy groups -OCH3 is 1. The Bertz CT molecular complexity index is 275. The Hall–Kier alpha value is -1.03. The molecule has 58 valence electrons. The average molecular weight is 173 g/mol. The van der Waals surface area contributed by atoms with Crippen molar-refractivity contribution in [2.75, 3.05) is 7.11 Å². The van der Waals surface area contributed by atoms with Gasteiger partial charge in [0.2, 0.25) is 0 Å². The van der Waals surface area contributed by atoms with Gasteiger partial charge in [0.25, 0.3) is 4.90 Å². The van der Waals surface area contributed by atoms with E-state index in [0.29, 0.717) is 4.90 Å². The van der Waals surface area contributed by atoms with Crippen molar-refractivity contribution in [2.24, 2.45) is 0 Å². The maximum absolute atomic E-state index is 12.8. The van der Waals surface area contributed by atoms with E-state index in [1.54, 1.807) is 0 Å². The Labute approximate surface area is 67.5 Å². The molecule has 0 heterocycles. The minimum Gasteiger partial charge on any atom is -0.494 e. The quantitative estimate of drug-likeness (QED) is 0.635. The van der Waals surface area contributed by atoms with Gasteiger partial charge in [-0.05, 0) is 6.07 Å². The van der Waals surface area contributed by atoms with Gasteiger partial charge in [-0.1, -0.05) is 0 Å². The van der Waals surface area contributed by atoms with E-state index in [4.69, 9.17) is 0 Å². The second-order valence-corrected chi connectivity index (χ2v) is 2.52. The van der Waals surface area contributed by atoms with Gasteiger partial charge in [-0.25, -0.2) is 4.39 Å². The molecule has 0 unspecified atom stereocenters. The van der Waals surface area contributed by atoms with E-state index in [0.717, 1.165) is 6.07 Å². The second kappa shape index (κ2) is 3.39. The molecule has 0 aliphatic heterocycles. The predicted octanol–water partition coefficient (Wildman–Crippen LogP) is 1.62. The normalized spacial score (nSPS) is 9.27. The average Bonchev–Trinajstić information content (AvgIpc) is 2.04. The van der Waals surface area contributed by atoms with Crippen LogP contribution in [0.1, 0.15) is 0 Å². The van der Waals surface area contributed by atoms with Gasteiger partial charge >= 0.3 is 11.7 Å². The van der Waals surface area contributed by atoms with Crippen LogP contribution in [0, 0.1) is 5.82 Å². The van der Waals surface area contributed by atoms with Crippen LogP contribution in [0.25, 0.3) is 0 Å². The molecule has 0 saturated heterocycles. The SMILES string of the molecule is COc1ccc([S+]=O)cc1F. The van der Waals surface area contributed by atoms with Gasteiger partial charge in [-0.3, -0.25) is 0 Å². The largest absolute Gasteiger partial charge is 0.505 e. The van der Waals surface area contributed by atoms with Crippen LogP contribution >= 0.6 is 0 Å². The number of hydrogen-bond acceptors (Lipinski definition) is 2. The summed E-state index contributed by atoms with van der Waals surface area (Å²) in [4.78, 5) is 0.350. The van der Waals surface area contributed by atoms with Gasteiger partial charge < -0.3 is 4.74 Å². The van der Waals surface area contributed by atoms with Crippen molar-refractivity contribution in [1.29, 1.82) is 0 Å². The smallest absolute Gasteiger partial charge is 0.494 e. The van der Waals surface area contributed by atoms with Crippen molar-refractivity contribution in [3.05, 3.63) is 24.0 Å². The lowest BCUT2D eigenvalue weighted by atomic mass is 10.3. The van der Waals surface area contributed by atoms with Crippen LogP contribution in [0.5, 0.6) is 5.75 Å². The van der Waals surface area contributed by atoms with Gasteiger partial charge in [0, 0.05) is 16.3 Å². The fourth-order valence-corrected chi connectivity index (χ4v) is 0.974. The first-order valence-electron chi connectivity index (χ1n) is 2.91. The van der Waals surface area contributed by atoms with Gasteiger partial charge in [0.05, 0.1) is 7.11 Å². The molecule has 0 saturated carbocycles. The van der Waals surface area contributed by atoms with E-state index in [1.165, 1.54) is 19.2 Å². The maximum Gasteiger partial charge on any atom is 0.505 e. The lowest BCUT2D eigenvalue weighted by molar-refractivity contribution is 0.385. The van der Waals surface area contributed by atoms with E-state index in [1.807, 2.05) is 0 Å². The first kappa shape index (κ1) is 8.07. The Morgan fingerprint density at radius 2 is 2.27 bits per heavy atom. The highest BCUT2D eigenvalue weighted by molar-refractivity contribution is 7.65. The van der Waals surface area contributed by atoms with Crippen LogP contribution in [0.2, 0.25) is 0 Å². The zero-order valence-electron chi connectivity index (χ0n) is 5.83. The molecule has 2 nitrogen and oxygen atoms in total. The standard InChI is InChI=1S/C7H6FO2S/c1-10-7-3-2-5(11-9)4-6(7)8/h2-4H,1H3/q+1. The van der Waals surface area contributed by atoms with Crippen LogP contribution in [-0.4, -0.2) is 7.11 Å². The number of rotatable bonds is 2. The molecular formula is C7H6FO2S+. The first-order chi connectivity index (χ1) is 5.27. The molecule has 1 aromatic carbocycles. The summed E-state index contributed by atoms with van der Waals surface area (Å²) in [6.07, 6.45) is 0. The summed E-state index contributed by atoms with van der Waals surface area (Å²) in [5.74, 6) is -0.351. The second-order valence-electron chi connectivity index (χ2n) is 1.88. The fourth-order valence-electron chi connectivity index (χ4n) is 0.699. The number of ether oxygens (including phenoxy) is 1. The summed E-state index contributed by atoms with van der Waals surface area (Å²) in [7, 11) is 1.38. The van der Waals surface area contributed by atoms with Crippen LogP contribution in [-0.2, 0) is 15.9 Å². The first-order valence-corrected chi connectivity index (χ1v) is 3.65. The molecular weight excluding hydrogens is 167 g/mol. The lowest BCUT2D eigenvalue weighted by Crippen LogP contribution is -1.87. The van der Waals surface area contributed by atoms with Crippen LogP contribution < -0.4 is 4.74 Å². The van der Waals surface area contributed by atoms with Crippen molar-refractivity contribution >= 4 is 11.7 Å². The van der Waals surface area contributed by atoms with Crippen molar-refractivity contribution < 1.29 is 13.3 Å². The molecule has 0 radical (unpaired) electrons. The molecule has 1 aromatic rings. The van der Waals surface area contributed by atoms with Gasteiger partial charge in [0.15, 0.2) is 11.6 Å². The van der Waals surface area contributed by atoms with Crippen molar-refractivity contribution in [1.82, 2.24) is 0 Å². The summed E-state index contributed by atoms with van der Waals surface area (Å²) in [5.41, 5.74) is 0. The highest BCUT2D eigenvalue weighted by atomic mass is 32.1. The molecule has 0 atom stereocenters.